The van der Waals surface area contributed by atoms with Crippen LogP contribution in [0.3, 0.4) is 0 Å². The van der Waals surface area contributed by atoms with Gasteiger partial charge in [0.1, 0.15) is 11.6 Å². The minimum absolute atomic E-state index is 0.0810. The fraction of sp³-hybridized carbons (Fsp3) is 0.208. The number of halogens is 2. The average molecular weight is 392 g/mol. The zero-order valence-corrected chi connectivity index (χ0v) is 16.0. The molecule has 3 aromatic rings. The molecule has 0 saturated carbocycles. The van der Waals surface area contributed by atoms with Crippen LogP contribution in [-0.4, -0.2) is 41.9 Å². The standard InChI is InChI=1S/C24H22F2N2O/c25-20-11-12-21(22(26)17-20)24(29)28-15-13-27(14-16-28)23(18-7-3-1-4-8-18)19-9-5-2-6-10-19/h1-12,17,23H,13-16H2. The smallest absolute Gasteiger partial charge is 0.256 e. The summed E-state index contributed by atoms with van der Waals surface area (Å²) in [6.45, 7) is 2.32. The predicted octanol–water partition coefficient (Wildman–Crippen LogP) is 4.51. The van der Waals surface area contributed by atoms with Gasteiger partial charge in [0.2, 0.25) is 0 Å². The molecule has 0 N–H and O–H groups in total. The third-order valence-corrected chi connectivity index (χ3v) is 5.36. The molecule has 5 heteroatoms. The lowest BCUT2D eigenvalue weighted by Crippen LogP contribution is -2.50. The molecular formula is C24H22F2N2O. The fourth-order valence-corrected chi connectivity index (χ4v) is 3.90. The molecule has 0 aromatic heterocycles. The van der Waals surface area contributed by atoms with Gasteiger partial charge in [0.25, 0.3) is 5.91 Å². The topological polar surface area (TPSA) is 23.6 Å². The third kappa shape index (κ3) is 4.20. The van der Waals surface area contributed by atoms with E-state index in [2.05, 4.69) is 29.2 Å². The molecule has 3 nitrogen and oxygen atoms in total. The number of piperazine rings is 1. The highest BCUT2D eigenvalue weighted by Crippen LogP contribution is 2.29. The molecule has 1 heterocycles. The number of amides is 1. The first-order valence-electron chi connectivity index (χ1n) is 9.72. The number of benzene rings is 3. The highest BCUT2D eigenvalue weighted by atomic mass is 19.1. The minimum atomic E-state index is -0.816. The second-order valence-electron chi connectivity index (χ2n) is 7.18. The monoisotopic (exact) mass is 392 g/mol. The van der Waals surface area contributed by atoms with Crippen LogP contribution < -0.4 is 0 Å². The van der Waals surface area contributed by atoms with Crippen LogP contribution in [0.5, 0.6) is 0 Å². The van der Waals surface area contributed by atoms with Gasteiger partial charge in [-0.15, -0.1) is 0 Å². The van der Waals surface area contributed by atoms with Crippen molar-refractivity contribution >= 4 is 5.91 Å². The van der Waals surface area contributed by atoms with Crippen molar-refractivity contribution in [2.45, 2.75) is 6.04 Å². The van der Waals surface area contributed by atoms with Gasteiger partial charge in [-0.2, -0.15) is 0 Å². The first-order chi connectivity index (χ1) is 14.1. The Labute approximate surface area is 169 Å². The fourth-order valence-electron chi connectivity index (χ4n) is 3.90. The van der Waals surface area contributed by atoms with E-state index in [9.17, 15) is 13.6 Å². The predicted molar refractivity (Wildman–Crippen MR) is 109 cm³/mol. The lowest BCUT2D eigenvalue weighted by atomic mass is 9.96. The maximum absolute atomic E-state index is 14.0. The van der Waals surface area contributed by atoms with Crippen molar-refractivity contribution in [1.82, 2.24) is 9.80 Å². The van der Waals surface area contributed by atoms with Gasteiger partial charge in [0.05, 0.1) is 11.6 Å². The second-order valence-corrected chi connectivity index (χ2v) is 7.18. The number of carbonyl (C=O) groups excluding carboxylic acids is 1. The van der Waals surface area contributed by atoms with Gasteiger partial charge in [0.15, 0.2) is 0 Å². The summed E-state index contributed by atoms with van der Waals surface area (Å²) in [5.41, 5.74) is 2.31. The molecule has 0 unspecified atom stereocenters. The van der Waals surface area contributed by atoms with E-state index in [0.29, 0.717) is 26.2 Å². The molecule has 0 aliphatic carbocycles. The van der Waals surface area contributed by atoms with Crippen LogP contribution in [-0.2, 0) is 0 Å². The summed E-state index contributed by atoms with van der Waals surface area (Å²) in [6.07, 6.45) is 0. The summed E-state index contributed by atoms with van der Waals surface area (Å²) >= 11 is 0. The van der Waals surface area contributed by atoms with E-state index < -0.39 is 17.5 Å². The Bertz CT molecular complexity index is 931. The lowest BCUT2D eigenvalue weighted by molar-refractivity contribution is 0.0593. The van der Waals surface area contributed by atoms with E-state index in [4.69, 9.17) is 0 Å². The first-order valence-corrected chi connectivity index (χ1v) is 9.72. The second kappa shape index (κ2) is 8.53. The molecule has 1 amide bonds. The largest absolute Gasteiger partial charge is 0.336 e. The Balaban J connectivity index is 1.52. The number of carbonyl (C=O) groups is 1. The maximum atomic E-state index is 14.0. The van der Waals surface area contributed by atoms with Crippen LogP contribution >= 0.6 is 0 Å². The average Bonchev–Trinajstić information content (AvgIpc) is 2.76. The Hall–Kier alpha value is -3.05. The molecule has 3 aromatic carbocycles. The quantitative estimate of drug-likeness (QED) is 0.652. The molecular weight excluding hydrogens is 370 g/mol. The summed E-state index contributed by atoms with van der Waals surface area (Å²) in [5, 5.41) is 0. The SMILES string of the molecule is O=C(c1ccc(F)cc1F)N1CCN(C(c2ccccc2)c2ccccc2)CC1. The van der Waals surface area contributed by atoms with Crippen molar-refractivity contribution in [2.24, 2.45) is 0 Å². The van der Waals surface area contributed by atoms with E-state index in [0.717, 1.165) is 12.1 Å². The van der Waals surface area contributed by atoms with Gasteiger partial charge in [-0.05, 0) is 23.3 Å². The Morgan fingerprint density at radius 3 is 1.83 bits per heavy atom. The van der Waals surface area contributed by atoms with E-state index in [1.165, 1.54) is 17.2 Å². The summed E-state index contributed by atoms with van der Waals surface area (Å²) in [6, 6.07) is 23.8. The number of rotatable bonds is 4. The summed E-state index contributed by atoms with van der Waals surface area (Å²) in [5.74, 6) is -1.89. The van der Waals surface area contributed by atoms with Gasteiger partial charge in [-0.1, -0.05) is 60.7 Å². The Kier molecular flexibility index (Phi) is 5.67. The molecule has 1 aliphatic rings. The third-order valence-electron chi connectivity index (χ3n) is 5.36. The van der Waals surface area contributed by atoms with Crippen molar-refractivity contribution in [1.29, 1.82) is 0 Å². The van der Waals surface area contributed by atoms with Crippen LogP contribution in [0.1, 0.15) is 27.5 Å². The summed E-state index contributed by atoms with van der Waals surface area (Å²) in [7, 11) is 0. The van der Waals surface area contributed by atoms with Gasteiger partial charge < -0.3 is 4.90 Å². The molecule has 29 heavy (non-hydrogen) atoms. The Morgan fingerprint density at radius 1 is 0.759 bits per heavy atom. The highest BCUT2D eigenvalue weighted by molar-refractivity contribution is 5.94. The van der Waals surface area contributed by atoms with Crippen LogP contribution in [0.15, 0.2) is 78.9 Å². The van der Waals surface area contributed by atoms with E-state index in [1.54, 1.807) is 4.90 Å². The van der Waals surface area contributed by atoms with Crippen LogP contribution in [0.4, 0.5) is 8.78 Å². The van der Waals surface area contributed by atoms with Crippen molar-refractivity contribution in [3.63, 3.8) is 0 Å². The van der Waals surface area contributed by atoms with Crippen molar-refractivity contribution in [2.75, 3.05) is 26.2 Å². The van der Waals surface area contributed by atoms with E-state index in [1.807, 2.05) is 36.4 Å². The van der Waals surface area contributed by atoms with Gasteiger partial charge in [0, 0.05) is 32.2 Å². The van der Waals surface area contributed by atoms with E-state index >= 15 is 0 Å². The van der Waals surface area contributed by atoms with Crippen molar-refractivity contribution in [3.05, 3.63) is 107 Å². The molecule has 4 rings (SSSR count). The molecule has 148 valence electrons. The maximum Gasteiger partial charge on any atom is 0.256 e. The van der Waals surface area contributed by atoms with Gasteiger partial charge in [-0.3, -0.25) is 9.69 Å². The molecule has 1 fully saturated rings. The van der Waals surface area contributed by atoms with Crippen LogP contribution in [0.25, 0.3) is 0 Å². The molecule has 0 spiro atoms. The highest BCUT2D eigenvalue weighted by Gasteiger charge is 2.29. The minimum Gasteiger partial charge on any atom is -0.336 e. The van der Waals surface area contributed by atoms with Gasteiger partial charge in [-0.25, -0.2) is 8.78 Å². The molecule has 1 saturated heterocycles. The number of hydrogen-bond acceptors (Lipinski definition) is 2. The molecule has 1 aliphatic heterocycles. The lowest BCUT2D eigenvalue weighted by Gasteiger charge is -2.39. The van der Waals surface area contributed by atoms with Crippen molar-refractivity contribution < 1.29 is 13.6 Å². The number of hydrogen-bond donors (Lipinski definition) is 0. The summed E-state index contributed by atoms with van der Waals surface area (Å²) in [4.78, 5) is 16.7. The zero-order chi connectivity index (χ0) is 20.2. The molecule has 0 atom stereocenters. The summed E-state index contributed by atoms with van der Waals surface area (Å²) < 4.78 is 27.1. The van der Waals surface area contributed by atoms with Crippen LogP contribution in [0, 0.1) is 11.6 Å². The van der Waals surface area contributed by atoms with E-state index in [-0.39, 0.29) is 11.6 Å². The number of nitrogens with zero attached hydrogens (tertiary/aromatic N) is 2. The first kappa shape index (κ1) is 19.3. The Morgan fingerprint density at radius 2 is 1.31 bits per heavy atom. The van der Waals surface area contributed by atoms with Crippen LogP contribution in [0.2, 0.25) is 0 Å². The zero-order valence-electron chi connectivity index (χ0n) is 16.0. The normalized spacial score (nSPS) is 14.9. The molecule has 0 radical (unpaired) electrons. The van der Waals surface area contributed by atoms with Gasteiger partial charge >= 0.3 is 0 Å². The molecule has 0 bridgehead atoms. The van der Waals surface area contributed by atoms with Crippen molar-refractivity contribution in [3.8, 4) is 0 Å².